The topological polar surface area (TPSA) is 28.1 Å². The van der Waals surface area contributed by atoms with E-state index in [1.807, 2.05) is 44.4 Å². The number of piperidine rings is 1. The zero-order valence-electron chi connectivity index (χ0n) is 26.4. The number of hydrogen-bond donors (Lipinski definition) is 0. The molecule has 1 aliphatic heterocycles. The molecule has 4 nitrogen and oxygen atoms in total. The third-order valence-corrected chi connectivity index (χ3v) is 8.85. The Morgan fingerprint density at radius 3 is 2.39 bits per heavy atom. The Morgan fingerprint density at radius 2 is 1.73 bits per heavy atom. The van der Waals surface area contributed by atoms with Crippen LogP contribution in [-0.4, -0.2) is 36.5 Å². The Morgan fingerprint density at radius 1 is 1.05 bits per heavy atom. The molecule has 0 spiro atoms. The maximum Gasteiger partial charge on any atom is 0.131 e. The van der Waals surface area contributed by atoms with Crippen molar-refractivity contribution in [2.45, 2.75) is 66.3 Å². The van der Waals surface area contributed by atoms with Crippen molar-refractivity contribution in [2.24, 2.45) is 4.99 Å². The predicted octanol–water partition coefficient (Wildman–Crippen LogP) is 10.3. The van der Waals surface area contributed by atoms with Gasteiger partial charge in [0, 0.05) is 42.5 Å². The average molecular weight is 616 g/mol. The molecule has 0 radical (unpaired) electrons. The van der Waals surface area contributed by atoms with Gasteiger partial charge in [-0.1, -0.05) is 62.9 Å². The van der Waals surface area contributed by atoms with Gasteiger partial charge >= 0.3 is 0 Å². The lowest BCUT2D eigenvalue weighted by molar-refractivity contribution is 0.0625. The molecule has 0 N–H and O–H groups in total. The Labute approximate surface area is 265 Å². The molecular weight excluding hydrogens is 572 g/mol. The number of likely N-dealkylation sites (tertiary alicyclic amines) is 1. The summed E-state index contributed by atoms with van der Waals surface area (Å²) in [5, 5.41) is 1.99. The molecule has 4 aromatic rings. The van der Waals surface area contributed by atoms with Crippen LogP contribution in [0.25, 0.3) is 16.9 Å². The molecule has 7 heteroatoms. The number of ether oxygens (including phenoxy) is 1. The summed E-state index contributed by atoms with van der Waals surface area (Å²) in [5.74, 6) is 0.103. The highest BCUT2D eigenvalue weighted by Gasteiger charge is 2.29. The smallest absolute Gasteiger partial charge is 0.131 e. The van der Waals surface area contributed by atoms with Gasteiger partial charge in [0.25, 0.3) is 0 Å². The Kier molecular flexibility index (Phi) is 11.9. The van der Waals surface area contributed by atoms with Crippen LogP contribution in [0.15, 0.2) is 89.7 Å². The Hall–Kier alpha value is -3.81. The second-order valence-electron chi connectivity index (χ2n) is 10.7. The van der Waals surface area contributed by atoms with Gasteiger partial charge in [-0.25, -0.2) is 8.78 Å². The van der Waals surface area contributed by atoms with Gasteiger partial charge < -0.3 is 9.64 Å². The molecule has 44 heavy (non-hydrogen) atoms. The number of thiophene rings is 1. The molecule has 2 heterocycles. The van der Waals surface area contributed by atoms with Gasteiger partial charge in [0.15, 0.2) is 0 Å². The Balaban J connectivity index is 0.00000216. The van der Waals surface area contributed by atoms with Crippen LogP contribution in [0.3, 0.4) is 0 Å². The minimum absolute atomic E-state index is 0.0363. The quantitative estimate of drug-likeness (QED) is 0.131. The molecular formula is C37H43F2N3OS. The molecule has 0 amide bonds. The molecule has 0 saturated carbocycles. The first kappa shape index (κ1) is 33.1. The van der Waals surface area contributed by atoms with Crippen molar-refractivity contribution in [3.05, 3.63) is 112 Å². The molecule has 1 saturated heterocycles. The minimum Gasteiger partial charge on any atom is -0.489 e. The first-order chi connectivity index (χ1) is 21.3. The molecule has 1 aromatic heterocycles. The summed E-state index contributed by atoms with van der Waals surface area (Å²) in [5.41, 5.74) is 5.69. The summed E-state index contributed by atoms with van der Waals surface area (Å²) in [4.78, 5) is 10.3. The first-order valence-electron chi connectivity index (χ1n) is 15.4. The van der Waals surface area contributed by atoms with Crippen molar-refractivity contribution in [3.8, 4) is 11.1 Å². The minimum atomic E-state index is -0.278. The van der Waals surface area contributed by atoms with Crippen molar-refractivity contribution in [1.29, 1.82) is 0 Å². The summed E-state index contributed by atoms with van der Waals surface area (Å²) in [6.45, 7) is 16.8. The maximum absolute atomic E-state index is 14.0. The van der Waals surface area contributed by atoms with E-state index in [0.29, 0.717) is 12.3 Å². The number of para-hydroxylation sites is 1. The van der Waals surface area contributed by atoms with E-state index >= 15 is 0 Å². The lowest BCUT2D eigenvalue weighted by Crippen LogP contribution is -2.50. The fourth-order valence-electron chi connectivity index (χ4n) is 5.62. The average Bonchev–Trinajstić information content (AvgIpc) is 3.45. The Bertz CT molecular complexity index is 1560. The van der Waals surface area contributed by atoms with E-state index in [4.69, 9.17) is 4.74 Å². The standard InChI is InChI=1S/C35H37F2N3OS.C2H6/c1-5-38-34-32(28-12-9-14-30(37)21-28)23-42-35(34)25(3)41-31-16-18-39(19-17-31)26(4)40(33-15-7-6-10-24(33)2)22-27-11-8-13-29(36)20-27;1-2/h5-15,20-21,23,26,31H,3,16-19,22H2,1-2,4H3;1-2H3. The van der Waals surface area contributed by atoms with Crippen molar-refractivity contribution in [2.75, 3.05) is 18.0 Å². The zero-order valence-corrected chi connectivity index (χ0v) is 27.2. The zero-order chi connectivity index (χ0) is 31.6. The van der Waals surface area contributed by atoms with Crippen LogP contribution >= 0.6 is 11.3 Å². The van der Waals surface area contributed by atoms with E-state index in [1.165, 1.54) is 35.1 Å². The fraction of sp³-hybridized carbons (Fsp3) is 0.324. The largest absolute Gasteiger partial charge is 0.489 e. The van der Waals surface area contributed by atoms with Crippen LogP contribution in [0.4, 0.5) is 20.2 Å². The summed E-state index contributed by atoms with van der Waals surface area (Å²) in [6.07, 6.45) is 3.61. The number of halogens is 2. The highest BCUT2D eigenvalue weighted by atomic mass is 32.1. The second kappa shape index (κ2) is 15.8. The third kappa shape index (κ3) is 8.01. The van der Waals surface area contributed by atoms with E-state index < -0.39 is 0 Å². The summed E-state index contributed by atoms with van der Waals surface area (Å²) in [7, 11) is 0. The van der Waals surface area contributed by atoms with E-state index in [1.54, 1.807) is 24.4 Å². The van der Waals surface area contributed by atoms with E-state index in [9.17, 15) is 8.78 Å². The molecule has 1 atom stereocenters. The normalized spacial score (nSPS) is 14.6. The van der Waals surface area contributed by atoms with Crippen LogP contribution in [0.2, 0.25) is 0 Å². The highest BCUT2D eigenvalue weighted by molar-refractivity contribution is 7.12. The second-order valence-corrected chi connectivity index (χ2v) is 11.6. The van der Waals surface area contributed by atoms with Crippen LogP contribution in [0.1, 0.15) is 56.5 Å². The summed E-state index contributed by atoms with van der Waals surface area (Å²) in [6, 6.07) is 21.8. The van der Waals surface area contributed by atoms with Crippen molar-refractivity contribution in [1.82, 2.24) is 4.90 Å². The van der Waals surface area contributed by atoms with Crippen LogP contribution in [0, 0.1) is 18.6 Å². The van der Waals surface area contributed by atoms with Crippen molar-refractivity contribution >= 4 is 34.7 Å². The van der Waals surface area contributed by atoms with Gasteiger partial charge in [0.05, 0.1) is 16.7 Å². The SMILES string of the molecule is C=C(OC1CCN(C(C)N(Cc2cccc(F)c2)c2ccccc2C)CC1)c1scc(-c2cccc(F)c2)c1N=CC.CC. The predicted molar refractivity (Wildman–Crippen MR) is 183 cm³/mol. The molecule has 232 valence electrons. The highest BCUT2D eigenvalue weighted by Crippen LogP contribution is 2.43. The molecule has 3 aromatic carbocycles. The lowest BCUT2D eigenvalue weighted by Gasteiger charge is -2.43. The number of hydrogen-bond acceptors (Lipinski definition) is 5. The molecule has 0 aliphatic carbocycles. The number of rotatable bonds is 10. The van der Waals surface area contributed by atoms with Crippen LogP contribution in [0.5, 0.6) is 0 Å². The van der Waals surface area contributed by atoms with Gasteiger partial charge in [0.2, 0.25) is 0 Å². The molecule has 1 aliphatic rings. The fourth-order valence-corrected chi connectivity index (χ4v) is 6.56. The van der Waals surface area contributed by atoms with E-state index in [0.717, 1.165) is 58.9 Å². The van der Waals surface area contributed by atoms with E-state index in [2.05, 4.69) is 53.4 Å². The number of anilines is 1. The molecule has 1 fully saturated rings. The van der Waals surface area contributed by atoms with Crippen LogP contribution in [-0.2, 0) is 11.3 Å². The number of aryl methyl sites for hydroxylation is 1. The molecule has 5 rings (SSSR count). The number of aliphatic imine (C=N–C) groups is 1. The van der Waals surface area contributed by atoms with Gasteiger partial charge in [-0.05, 0) is 80.6 Å². The first-order valence-corrected chi connectivity index (χ1v) is 16.2. The summed E-state index contributed by atoms with van der Waals surface area (Å²) < 4.78 is 34.4. The van der Waals surface area contributed by atoms with Gasteiger partial charge in [0.1, 0.15) is 23.5 Å². The summed E-state index contributed by atoms with van der Waals surface area (Å²) >= 11 is 1.52. The molecule has 1 unspecified atom stereocenters. The lowest BCUT2D eigenvalue weighted by atomic mass is 10.1. The third-order valence-electron chi connectivity index (χ3n) is 7.84. The van der Waals surface area contributed by atoms with Crippen LogP contribution < -0.4 is 4.90 Å². The van der Waals surface area contributed by atoms with Crippen molar-refractivity contribution < 1.29 is 13.5 Å². The number of nitrogens with zero attached hydrogens (tertiary/aromatic N) is 3. The van der Waals surface area contributed by atoms with Crippen molar-refractivity contribution in [3.63, 3.8) is 0 Å². The number of benzene rings is 3. The van der Waals surface area contributed by atoms with Gasteiger partial charge in [-0.15, -0.1) is 11.3 Å². The van der Waals surface area contributed by atoms with E-state index in [-0.39, 0.29) is 23.9 Å². The maximum atomic E-state index is 14.0. The van der Waals surface area contributed by atoms with Gasteiger partial charge in [-0.2, -0.15) is 0 Å². The van der Waals surface area contributed by atoms with Gasteiger partial charge in [-0.3, -0.25) is 9.89 Å². The monoisotopic (exact) mass is 615 g/mol. The molecule has 0 bridgehead atoms.